The topological polar surface area (TPSA) is 66.5 Å². The van der Waals surface area contributed by atoms with E-state index in [1.54, 1.807) is 24.3 Å². The number of nitrogens with one attached hydrogen (secondary N) is 1. The third kappa shape index (κ3) is 6.45. The van der Waals surface area contributed by atoms with Gasteiger partial charge in [0, 0.05) is 30.2 Å². The Morgan fingerprint density at radius 3 is 2.28 bits per heavy atom. The van der Waals surface area contributed by atoms with E-state index in [-0.39, 0.29) is 25.4 Å². The van der Waals surface area contributed by atoms with Crippen molar-refractivity contribution in [3.8, 4) is 0 Å². The van der Waals surface area contributed by atoms with Crippen molar-refractivity contribution in [3.63, 3.8) is 0 Å². The van der Waals surface area contributed by atoms with Crippen molar-refractivity contribution in [1.82, 2.24) is 4.31 Å². The third-order valence-corrected chi connectivity index (χ3v) is 4.96. The van der Waals surface area contributed by atoms with Gasteiger partial charge in [0.1, 0.15) is 5.82 Å². The predicted molar refractivity (Wildman–Crippen MR) is 96.4 cm³/mol. The summed E-state index contributed by atoms with van der Waals surface area (Å²) < 4.78 is 37.9. The van der Waals surface area contributed by atoms with E-state index >= 15 is 0 Å². The second kappa shape index (κ2) is 8.42. The minimum atomic E-state index is -3.48. The summed E-state index contributed by atoms with van der Waals surface area (Å²) in [6.07, 6.45) is 1.08. The third-order valence-electron chi connectivity index (χ3n) is 3.46. The molecule has 0 aliphatic carbocycles. The summed E-state index contributed by atoms with van der Waals surface area (Å²) in [5.74, 6) is -0.749. The molecule has 0 unspecified atom stereocenters. The molecule has 2 aromatic rings. The highest BCUT2D eigenvalue weighted by Crippen LogP contribution is 2.14. The molecule has 0 bridgehead atoms. The molecule has 134 valence electrons. The number of halogens is 2. The molecule has 0 aromatic heterocycles. The summed E-state index contributed by atoms with van der Waals surface area (Å²) in [5.41, 5.74) is 1.23. The van der Waals surface area contributed by atoms with Crippen LogP contribution in [-0.2, 0) is 21.4 Å². The lowest BCUT2D eigenvalue weighted by molar-refractivity contribution is -0.116. The van der Waals surface area contributed by atoms with Gasteiger partial charge in [0.25, 0.3) is 0 Å². The first-order valence-corrected chi connectivity index (χ1v) is 9.71. The first kappa shape index (κ1) is 19.4. The summed E-state index contributed by atoms with van der Waals surface area (Å²) in [4.78, 5) is 12.0. The molecule has 1 N–H and O–H groups in total. The van der Waals surface area contributed by atoms with Crippen LogP contribution in [0.1, 0.15) is 12.0 Å². The molecular formula is C17H18ClFN2O3S. The number of amides is 1. The molecule has 0 aliphatic rings. The first-order chi connectivity index (χ1) is 11.7. The number of hydrogen-bond acceptors (Lipinski definition) is 3. The predicted octanol–water partition coefficient (Wildman–Crippen LogP) is 3.27. The average Bonchev–Trinajstić information content (AvgIpc) is 2.54. The Morgan fingerprint density at radius 2 is 1.72 bits per heavy atom. The highest BCUT2D eigenvalue weighted by molar-refractivity contribution is 7.88. The minimum absolute atomic E-state index is 0.0158. The van der Waals surface area contributed by atoms with Crippen LogP contribution in [0.5, 0.6) is 0 Å². The summed E-state index contributed by atoms with van der Waals surface area (Å²) >= 11 is 5.82. The van der Waals surface area contributed by atoms with Crippen LogP contribution in [0, 0.1) is 5.82 Å². The lowest BCUT2D eigenvalue weighted by Gasteiger charge is -2.20. The van der Waals surface area contributed by atoms with E-state index in [1.165, 1.54) is 28.6 Å². The molecule has 0 saturated heterocycles. The van der Waals surface area contributed by atoms with Gasteiger partial charge in [-0.15, -0.1) is 0 Å². The summed E-state index contributed by atoms with van der Waals surface area (Å²) in [7, 11) is -3.48. The van der Waals surface area contributed by atoms with E-state index in [9.17, 15) is 17.6 Å². The Hall–Kier alpha value is -1.96. The van der Waals surface area contributed by atoms with Gasteiger partial charge in [-0.25, -0.2) is 12.8 Å². The Labute approximate surface area is 151 Å². The number of carbonyl (C=O) groups is 1. The number of rotatable bonds is 7. The van der Waals surface area contributed by atoms with E-state index in [1.807, 2.05) is 0 Å². The Bertz CT molecular complexity index is 824. The average molecular weight is 385 g/mol. The van der Waals surface area contributed by atoms with Gasteiger partial charge in [-0.2, -0.15) is 4.31 Å². The minimum Gasteiger partial charge on any atom is -0.326 e. The van der Waals surface area contributed by atoms with Crippen LogP contribution in [0.3, 0.4) is 0 Å². The van der Waals surface area contributed by atoms with Crippen LogP contribution in [-0.4, -0.2) is 31.4 Å². The fourth-order valence-electron chi connectivity index (χ4n) is 2.14. The molecule has 0 fully saturated rings. The van der Waals surface area contributed by atoms with Crippen molar-refractivity contribution in [2.75, 3.05) is 18.1 Å². The van der Waals surface area contributed by atoms with Gasteiger partial charge in [0.15, 0.2) is 0 Å². The van der Waals surface area contributed by atoms with E-state index in [4.69, 9.17) is 11.6 Å². The second-order valence-electron chi connectivity index (χ2n) is 5.53. The first-order valence-electron chi connectivity index (χ1n) is 7.49. The molecule has 0 heterocycles. The van der Waals surface area contributed by atoms with Crippen molar-refractivity contribution in [2.24, 2.45) is 0 Å². The highest BCUT2D eigenvalue weighted by Gasteiger charge is 2.18. The maximum Gasteiger partial charge on any atom is 0.225 e. The zero-order valence-electron chi connectivity index (χ0n) is 13.6. The zero-order chi connectivity index (χ0) is 18.4. The van der Waals surface area contributed by atoms with Crippen LogP contribution in [0.4, 0.5) is 10.1 Å². The van der Waals surface area contributed by atoms with Gasteiger partial charge in [-0.3, -0.25) is 4.79 Å². The lowest BCUT2D eigenvalue weighted by atomic mass is 10.2. The molecule has 2 rings (SSSR count). The molecule has 2 aromatic carbocycles. The van der Waals surface area contributed by atoms with Gasteiger partial charge >= 0.3 is 0 Å². The van der Waals surface area contributed by atoms with Crippen molar-refractivity contribution in [1.29, 1.82) is 0 Å². The molecule has 8 heteroatoms. The van der Waals surface area contributed by atoms with Gasteiger partial charge in [-0.1, -0.05) is 23.7 Å². The maximum atomic E-state index is 12.8. The molecule has 1 amide bonds. The molecule has 0 spiro atoms. The Morgan fingerprint density at radius 1 is 1.12 bits per heavy atom. The fraction of sp³-hybridized carbons (Fsp3) is 0.235. The Kier molecular flexibility index (Phi) is 6.52. The van der Waals surface area contributed by atoms with Crippen LogP contribution < -0.4 is 5.32 Å². The zero-order valence-corrected chi connectivity index (χ0v) is 15.1. The largest absolute Gasteiger partial charge is 0.326 e. The van der Waals surface area contributed by atoms with Crippen LogP contribution >= 0.6 is 11.6 Å². The molecule has 0 aliphatic heterocycles. The number of benzene rings is 2. The van der Waals surface area contributed by atoms with Crippen molar-refractivity contribution in [3.05, 3.63) is 64.9 Å². The van der Waals surface area contributed by atoms with Crippen molar-refractivity contribution >= 4 is 33.2 Å². The number of sulfonamides is 1. The molecule has 0 radical (unpaired) electrons. The quantitative estimate of drug-likeness (QED) is 0.796. The number of anilines is 1. The van der Waals surface area contributed by atoms with Gasteiger partial charge in [0.05, 0.1) is 6.26 Å². The Balaban J connectivity index is 1.96. The summed E-state index contributed by atoms with van der Waals surface area (Å²) in [6, 6.07) is 12.2. The molecule has 25 heavy (non-hydrogen) atoms. The van der Waals surface area contributed by atoms with E-state index in [0.717, 1.165) is 11.8 Å². The van der Waals surface area contributed by atoms with Crippen LogP contribution in [0.2, 0.25) is 5.02 Å². The second-order valence-corrected chi connectivity index (χ2v) is 7.95. The standard InChI is InChI=1S/C17H18ClFN2O3S/c1-25(23,24)21(12-13-2-4-14(18)5-3-13)11-10-17(22)20-16-8-6-15(19)7-9-16/h2-9H,10-12H2,1H3,(H,20,22). The smallest absolute Gasteiger partial charge is 0.225 e. The van der Waals surface area contributed by atoms with Crippen LogP contribution in [0.25, 0.3) is 0 Å². The fourth-order valence-corrected chi connectivity index (χ4v) is 3.07. The molecular weight excluding hydrogens is 367 g/mol. The van der Waals surface area contributed by atoms with Crippen molar-refractivity contribution in [2.45, 2.75) is 13.0 Å². The van der Waals surface area contributed by atoms with Gasteiger partial charge in [-0.05, 0) is 42.0 Å². The number of hydrogen-bond donors (Lipinski definition) is 1. The van der Waals surface area contributed by atoms with Crippen molar-refractivity contribution < 1.29 is 17.6 Å². The normalized spacial score (nSPS) is 11.5. The molecule has 0 saturated carbocycles. The monoisotopic (exact) mass is 384 g/mol. The number of carbonyl (C=O) groups excluding carboxylic acids is 1. The maximum absolute atomic E-state index is 12.8. The van der Waals surface area contributed by atoms with E-state index in [0.29, 0.717) is 10.7 Å². The molecule has 0 atom stereocenters. The van der Waals surface area contributed by atoms with Crippen LogP contribution in [0.15, 0.2) is 48.5 Å². The summed E-state index contributed by atoms with van der Waals surface area (Å²) in [6.45, 7) is 0.189. The highest BCUT2D eigenvalue weighted by atomic mass is 35.5. The van der Waals surface area contributed by atoms with E-state index in [2.05, 4.69) is 5.32 Å². The molecule has 5 nitrogen and oxygen atoms in total. The SMILES string of the molecule is CS(=O)(=O)N(CCC(=O)Nc1ccc(F)cc1)Cc1ccc(Cl)cc1. The lowest BCUT2D eigenvalue weighted by Crippen LogP contribution is -2.32. The van der Waals surface area contributed by atoms with Gasteiger partial charge < -0.3 is 5.32 Å². The van der Waals surface area contributed by atoms with E-state index < -0.39 is 15.8 Å². The summed E-state index contributed by atoms with van der Waals surface area (Å²) in [5, 5.41) is 3.17. The number of nitrogens with zero attached hydrogens (tertiary/aromatic N) is 1. The van der Waals surface area contributed by atoms with Gasteiger partial charge in [0.2, 0.25) is 15.9 Å².